The van der Waals surface area contributed by atoms with Gasteiger partial charge in [-0.2, -0.15) is 0 Å². The molecule has 0 aromatic heterocycles. The van der Waals surface area contributed by atoms with E-state index in [0.717, 1.165) is 12.0 Å². The van der Waals surface area contributed by atoms with Gasteiger partial charge >= 0.3 is 0 Å². The normalized spacial score (nSPS) is 48.3. The van der Waals surface area contributed by atoms with Crippen LogP contribution in [-0.4, -0.2) is 37.6 Å². The van der Waals surface area contributed by atoms with E-state index in [1.165, 1.54) is 71.0 Å². The van der Waals surface area contributed by atoms with Gasteiger partial charge in [0.25, 0.3) is 0 Å². The number of nitrogens with one attached hydrogen (secondary N) is 1. The molecule has 0 radical (unpaired) electrons. The molecule has 2 heteroatoms. The van der Waals surface area contributed by atoms with E-state index in [0.29, 0.717) is 16.2 Å². The highest BCUT2D eigenvalue weighted by Crippen LogP contribution is 2.69. The third kappa shape index (κ3) is 2.91. The molecule has 0 spiro atoms. The first-order valence-electron chi connectivity index (χ1n) is 9.30. The molecule has 0 heterocycles. The number of nitrogens with zero attached hydrogens (tertiary/aromatic N) is 1. The molecule has 2 unspecified atom stereocenters. The third-order valence-corrected chi connectivity index (χ3v) is 6.85. The first-order valence-corrected chi connectivity index (χ1v) is 9.30. The zero-order valence-electron chi connectivity index (χ0n) is 14.4. The molecule has 2 atom stereocenters. The van der Waals surface area contributed by atoms with E-state index in [-0.39, 0.29) is 0 Å². The van der Waals surface area contributed by atoms with Crippen molar-refractivity contribution in [2.75, 3.05) is 26.7 Å². The van der Waals surface area contributed by atoms with Crippen molar-refractivity contribution in [1.29, 1.82) is 0 Å². The molecule has 21 heavy (non-hydrogen) atoms. The van der Waals surface area contributed by atoms with Crippen molar-refractivity contribution >= 4 is 0 Å². The lowest BCUT2D eigenvalue weighted by Gasteiger charge is -2.66. The molecule has 0 saturated heterocycles. The minimum atomic E-state index is 0.650. The molecule has 5 fully saturated rings. The zero-order chi connectivity index (χ0) is 14.7. The van der Waals surface area contributed by atoms with Crippen LogP contribution in [0.5, 0.6) is 0 Å². The Morgan fingerprint density at radius 3 is 2.24 bits per heavy atom. The van der Waals surface area contributed by atoms with Crippen LogP contribution >= 0.6 is 0 Å². The molecule has 5 aliphatic rings. The Hall–Kier alpha value is -0.0800. The zero-order valence-corrected chi connectivity index (χ0v) is 14.4. The van der Waals surface area contributed by atoms with Gasteiger partial charge in [0.05, 0.1) is 0 Å². The standard InChI is InChI=1S/C19H34N2/c1-17-8-15-9-18(2,11-17)13-19(10-15,12-17)14-21(3)7-6-20-16-4-5-16/h15-16,20H,4-14H2,1-3H3. The van der Waals surface area contributed by atoms with Crippen LogP contribution in [0.4, 0.5) is 0 Å². The van der Waals surface area contributed by atoms with E-state index < -0.39 is 0 Å². The molecule has 5 saturated carbocycles. The maximum Gasteiger partial charge on any atom is 0.0104 e. The molecular weight excluding hydrogens is 256 g/mol. The smallest absolute Gasteiger partial charge is 0.0104 e. The number of likely N-dealkylation sites (N-methyl/N-ethyl adjacent to an activating group) is 1. The van der Waals surface area contributed by atoms with Crippen molar-refractivity contribution < 1.29 is 0 Å². The second-order valence-corrected chi connectivity index (χ2v) is 10.1. The van der Waals surface area contributed by atoms with Crippen LogP contribution in [0.2, 0.25) is 0 Å². The Bertz CT molecular complexity index is 396. The molecule has 4 bridgehead atoms. The van der Waals surface area contributed by atoms with Crippen molar-refractivity contribution in [2.45, 2.75) is 71.3 Å². The Morgan fingerprint density at radius 2 is 1.67 bits per heavy atom. The highest BCUT2D eigenvalue weighted by molar-refractivity contribution is 5.11. The molecule has 120 valence electrons. The molecule has 2 nitrogen and oxygen atoms in total. The summed E-state index contributed by atoms with van der Waals surface area (Å²) in [5, 5.41) is 3.67. The van der Waals surface area contributed by atoms with Crippen LogP contribution in [0.15, 0.2) is 0 Å². The van der Waals surface area contributed by atoms with Crippen molar-refractivity contribution in [3.05, 3.63) is 0 Å². The summed E-state index contributed by atoms with van der Waals surface area (Å²) in [7, 11) is 2.36. The minimum absolute atomic E-state index is 0.650. The van der Waals surface area contributed by atoms with E-state index >= 15 is 0 Å². The molecular formula is C19H34N2. The van der Waals surface area contributed by atoms with Gasteiger partial charge in [0.1, 0.15) is 0 Å². The fourth-order valence-electron chi connectivity index (χ4n) is 7.26. The highest BCUT2D eigenvalue weighted by atomic mass is 15.1. The topological polar surface area (TPSA) is 15.3 Å². The van der Waals surface area contributed by atoms with Gasteiger partial charge < -0.3 is 10.2 Å². The summed E-state index contributed by atoms with van der Waals surface area (Å²) >= 11 is 0. The van der Waals surface area contributed by atoms with Crippen molar-refractivity contribution in [3.8, 4) is 0 Å². The van der Waals surface area contributed by atoms with Crippen LogP contribution in [-0.2, 0) is 0 Å². The molecule has 1 N–H and O–H groups in total. The highest BCUT2D eigenvalue weighted by Gasteiger charge is 2.59. The monoisotopic (exact) mass is 290 g/mol. The van der Waals surface area contributed by atoms with Crippen molar-refractivity contribution in [2.24, 2.45) is 22.2 Å². The van der Waals surface area contributed by atoms with Gasteiger partial charge in [-0.1, -0.05) is 13.8 Å². The van der Waals surface area contributed by atoms with Gasteiger partial charge in [0.2, 0.25) is 0 Å². The second-order valence-electron chi connectivity index (χ2n) is 10.1. The van der Waals surface area contributed by atoms with Crippen molar-refractivity contribution in [3.63, 3.8) is 0 Å². The second kappa shape index (κ2) is 4.71. The summed E-state index contributed by atoms with van der Waals surface area (Å²) in [6.07, 6.45) is 11.9. The van der Waals surface area contributed by atoms with Crippen molar-refractivity contribution in [1.82, 2.24) is 10.2 Å². The SMILES string of the molecule is CN(CCNC1CC1)CC12CC3CC(C)(CC(C)(C3)C1)C2. The van der Waals surface area contributed by atoms with Crippen LogP contribution in [0.3, 0.4) is 0 Å². The molecule has 0 amide bonds. The number of hydrogen-bond acceptors (Lipinski definition) is 2. The van der Waals surface area contributed by atoms with E-state index in [9.17, 15) is 0 Å². The number of hydrogen-bond donors (Lipinski definition) is 1. The van der Waals surface area contributed by atoms with E-state index in [1.807, 2.05) is 0 Å². The molecule has 5 aliphatic carbocycles. The summed E-state index contributed by atoms with van der Waals surface area (Å²) < 4.78 is 0. The lowest BCUT2D eigenvalue weighted by atomic mass is 9.40. The maximum absolute atomic E-state index is 3.67. The molecule has 0 aromatic rings. The summed E-state index contributed by atoms with van der Waals surface area (Å²) in [6, 6.07) is 0.857. The fourth-order valence-corrected chi connectivity index (χ4v) is 7.26. The first kappa shape index (κ1) is 14.5. The van der Waals surface area contributed by atoms with Gasteiger partial charge in [0.15, 0.2) is 0 Å². The average molecular weight is 290 g/mol. The first-order chi connectivity index (χ1) is 9.88. The summed E-state index contributed by atoms with van der Waals surface area (Å²) in [6.45, 7) is 8.96. The van der Waals surface area contributed by atoms with Crippen LogP contribution in [0.1, 0.15) is 65.2 Å². The van der Waals surface area contributed by atoms with Crippen LogP contribution in [0.25, 0.3) is 0 Å². The van der Waals surface area contributed by atoms with Crippen LogP contribution < -0.4 is 5.32 Å². The maximum atomic E-state index is 3.67. The third-order valence-electron chi connectivity index (χ3n) is 6.85. The molecule has 5 rings (SSSR count). The van der Waals surface area contributed by atoms with Gasteiger partial charge in [-0.05, 0) is 80.6 Å². The van der Waals surface area contributed by atoms with E-state index in [1.54, 1.807) is 0 Å². The van der Waals surface area contributed by atoms with E-state index in [4.69, 9.17) is 0 Å². The fraction of sp³-hybridized carbons (Fsp3) is 1.00. The van der Waals surface area contributed by atoms with Crippen LogP contribution in [0, 0.1) is 22.2 Å². The Morgan fingerprint density at radius 1 is 1.00 bits per heavy atom. The Balaban J connectivity index is 1.39. The summed E-state index contributed by atoms with van der Waals surface area (Å²) in [5.41, 5.74) is 1.99. The number of rotatable bonds is 6. The predicted octanol–water partition coefficient (Wildman–Crippen LogP) is 3.67. The molecule has 0 aliphatic heterocycles. The Kier molecular flexibility index (Phi) is 3.25. The largest absolute Gasteiger partial charge is 0.313 e. The van der Waals surface area contributed by atoms with E-state index in [2.05, 4.69) is 31.1 Å². The lowest BCUT2D eigenvalue weighted by Crippen LogP contribution is -2.58. The van der Waals surface area contributed by atoms with Gasteiger partial charge in [0, 0.05) is 25.7 Å². The summed E-state index contributed by atoms with van der Waals surface area (Å²) in [5.74, 6) is 1.04. The minimum Gasteiger partial charge on any atom is -0.313 e. The Labute approximate surface area is 131 Å². The molecule has 0 aromatic carbocycles. The summed E-state index contributed by atoms with van der Waals surface area (Å²) in [4.78, 5) is 2.63. The quantitative estimate of drug-likeness (QED) is 0.803. The lowest BCUT2D eigenvalue weighted by molar-refractivity contribution is -0.151. The average Bonchev–Trinajstić information content (AvgIpc) is 3.06. The van der Waals surface area contributed by atoms with Gasteiger partial charge in [-0.3, -0.25) is 0 Å². The van der Waals surface area contributed by atoms with Gasteiger partial charge in [-0.25, -0.2) is 0 Å². The predicted molar refractivity (Wildman–Crippen MR) is 88.4 cm³/mol. The van der Waals surface area contributed by atoms with Gasteiger partial charge in [-0.15, -0.1) is 0 Å².